The Hall–Kier alpha value is -0.920. The molecule has 1 heterocycles. The standard InChI is InChI=1S/C28H44O6/c1-26-9-5-22(34-14-13-33-18-21(30)16-29)15-20(26)3-4-25-24(26)6-10-27(2)23(7-11-28(25,27)31)19-8-12-32-17-19/h8,12,17,20-25,29-31H,3-7,9-11,13-16,18H2,1-2H3/t20?,21?,22?,23?,24-,25-,26+,27-,28-/m1/s1. The van der Waals surface area contributed by atoms with Crippen LogP contribution in [0.3, 0.4) is 0 Å². The lowest BCUT2D eigenvalue weighted by Gasteiger charge is -2.63. The normalized spacial score (nSPS) is 44.8. The predicted octanol–water partition coefficient (Wildman–Crippen LogP) is 4.28. The molecule has 1 aromatic heterocycles. The van der Waals surface area contributed by atoms with E-state index in [1.54, 1.807) is 6.26 Å². The van der Waals surface area contributed by atoms with Gasteiger partial charge >= 0.3 is 0 Å². The predicted molar refractivity (Wildman–Crippen MR) is 128 cm³/mol. The lowest BCUT2D eigenvalue weighted by Crippen LogP contribution is -2.62. The van der Waals surface area contributed by atoms with Gasteiger partial charge in [0.25, 0.3) is 0 Å². The van der Waals surface area contributed by atoms with Crippen LogP contribution in [0.5, 0.6) is 0 Å². The molecule has 4 saturated carbocycles. The molecule has 6 heteroatoms. The van der Waals surface area contributed by atoms with E-state index in [4.69, 9.17) is 19.0 Å². The van der Waals surface area contributed by atoms with E-state index in [9.17, 15) is 10.2 Å². The van der Waals surface area contributed by atoms with Crippen molar-refractivity contribution in [2.24, 2.45) is 28.6 Å². The summed E-state index contributed by atoms with van der Waals surface area (Å²) in [5.41, 5.74) is 0.917. The quantitative estimate of drug-likeness (QED) is 0.485. The van der Waals surface area contributed by atoms with Gasteiger partial charge in [0, 0.05) is 5.41 Å². The summed E-state index contributed by atoms with van der Waals surface area (Å²) in [6.45, 7) is 5.73. The Morgan fingerprint density at radius 2 is 1.91 bits per heavy atom. The van der Waals surface area contributed by atoms with Gasteiger partial charge in [-0.15, -0.1) is 0 Å². The summed E-state index contributed by atoms with van der Waals surface area (Å²) in [6, 6.07) is 2.10. The summed E-state index contributed by atoms with van der Waals surface area (Å²) in [5.74, 6) is 2.04. The first-order valence-electron chi connectivity index (χ1n) is 13.5. The highest BCUT2D eigenvalue weighted by Crippen LogP contribution is 2.70. The van der Waals surface area contributed by atoms with Gasteiger partial charge in [-0.25, -0.2) is 0 Å². The fraction of sp³-hybridized carbons (Fsp3) is 0.857. The molecule has 34 heavy (non-hydrogen) atoms. The number of rotatable bonds is 8. The first kappa shape index (κ1) is 24.8. The highest BCUT2D eigenvalue weighted by atomic mass is 16.5. The molecule has 0 saturated heterocycles. The van der Waals surface area contributed by atoms with E-state index in [-0.39, 0.29) is 30.1 Å². The second-order valence-electron chi connectivity index (χ2n) is 12.2. The minimum Gasteiger partial charge on any atom is -0.472 e. The molecule has 4 aliphatic rings. The van der Waals surface area contributed by atoms with Crippen LogP contribution in [0.15, 0.2) is 23.0 Å². The number of furan rings is 1. The number of ether oxygens (including phenoxy) is 2. The van der Waals surface area contributed by atoms with Gasteiger partial charge in [-0.1, -0.05) is 13.8 Å². The first-order chi connectivity index (χ1) is 16.3. The molecule has 1 aromatic rings. The van der Waals surface area contributed by atoms with E-state index >= 15 is 0 Å². The van der Waals surface area contributed by atoms with Gasteiger partial charge in [-0.05, 0) is 98.5 Å². The molecule has 0 aromatic carbocycles. The van der Waals surface area contributed by atoms with Crippen molar-refractivity contribution in [3.63, 3.8) is 0 Å². The molecule has 0 amide bonds. The summed E-state index contributed by atoms with van der Waals surface area (Å²) in [5, 5.41) is 30.6. The molecule has 4 aliphatic carbocycles. The Morgan fingerprint density at radius 3 is 2.68 bits per heavy atom. The summed E-state index contributed by atoms with van der Waals surface area (Å²) in [4.78, 5) is 0. The van der Waals surface area contributed by atoms with Crippen LogP contribution in [-0.2, 0) is 9.47 Å². The SMILES string of the molecule is C[C@]12CCC(OCCOCC(O)CO)CC1CC[C@@H]1[C@H]2CC[C@]2(C)C(c3ccoc3)CC[C@@]12O. The number of aliphatic hydroxyl groups is 3. The highest BCUT2D eigenvalue weighted by Gasteiger charge is 2.67. The van der Waals surface area contributed by atoms with Gasteiger partial charge in [0.2, 0.25) is 0 Å². The van der Waals surface area contributed by atoms with E-state index < -0.39 is 11.7 Å². The van der Waals surface area contributed by atoms with Crippen LogP contribution < -0.4 is 0 Å². The van der Waals surface area contributed by atoms with E-state index in [2.05, 4.69) is 19.9 Å². The molecule has 3 N–H and O–H groups in total. The number of fused-ring (bicyclic) bond motifs is 5. The fourth-order valence-electron chi connectivity index (χ4n) is 8.89. The second-order valence-corrected chi connectivity index (χ2v) is 12.2. The number of hydrogen-bond acceptors (Lipinski definition) is 6. The van der Waals surface area contributed by atoms with Crippen molar-refractivity contribution in [2.45, 2.75) is 95.4 Å². The minimum absolute atomic E-state index is 0.0643. The van der Waals surface area contributed by atoms with E-state index in [1.165, 1.54) is 24.8 Å². The number of hydrogen-bond donors (Lipinski definition) is 3. The molecular formula is C28H44O6. The monoisotopic (exact) mass is 476 g/mol. The third-order valence-corrected chi connectivity index (χ3v) is 10.9. The summed E-state index contributed by atoms with van der Waals surface area (Å²) < 4.78 is 17.0. The minimum atomic E-state index is -0.812. The zero-order valence-corrected chi connectivity index (χ0v) is 21.0. The summed E-state index contributed by atoms with van der Waals surface area (Å²) in [6.07, 6.45) is 13.1. The van der Waals surface area contributed by atoms with Crippen LogP contribution in [0.25, 0.3) is 0 Å². The van der Waals surface area contributed by atoms with E-state index in [1.807, 2.05) is 6.26 Å². The van der Waals surface area contributed by atoms with E-state index in [0.717, 1.165) is 38.5 Å². The summed E-state index contributed by atoms with van der Waals surface area (Å²) >= 11 is 0. The summed E-state index contributed by atoms with van der Waals surface area (Å²) in [7, 11) is 0. The third-order valence-electron chi connectivity index (χ3n) is 10.9. The van der Waals surface area contributed by atoms with Crippen molar-refractivity contribution in [3.05, 3.63) is 24.2 Å². The topological polar surface area (TPSA) is 92.3 Å². The second kappa shape index (κ2) is 9.51. The Kier molecular flexibility index (Phi) is 6.93. The van der Waals surface area contributed by atoms with Crippen LogP contribution in [-0.4, -0.2) is 59.6 Å². The molecule has 192 valence electrons. The molecule has 0 aliphatic heterocycles. The molecule has 0 bridgehead atoms. The molecule has 6 nitrogen and oxygen atoms in total. The van der Waals surface area contributed by atoms with E-state index in [0.29, 0.717) is 36.9 Å². The fourth-order valence-corrected chi connectivity index (χ4v) is 8.89. The van der Waals surface area contributed by atoms with Crippen LogP contribution in [0.1, 0.15) is 83.1 Å². The van der Waals surface area contributed by atoms with Crippen LogP contribution in [0, 0.1) is 28.6 Å². The van der Waals surface area contributed by atoms with Crippen molar-refractivity contribution in [1.29, 1.82) is 0 Å². The molecule has 0 radical (unpaired) electrons. The maximum atomic E-state index is 12.3. The van der Waals surface area contributed by atoms with Gasteiger partial charge in [0.05, 0.1) is 50.7 Å². The van der Waals surface area contributed by atoms with Crippen LogP contribution in [0.4, 0.5) is 0 Å². The Morgan fingerprint density at radius 1 is 1.06 bits per heavy atom. The maximum Gasteiger partial charge on any atom is 0.100 e. The van der Waals surface area contributed by atoms with Gasteiger partial charge in [-0.3, -0.25) is 0 Å². The van der Waals surface area contributed by atoms with Crippen LogP contribution >= 0.6 is 0 Å². The van der Waals surface area contributed by atoms with Crippen LogP contribution in [0.2, 0.25) is 0 Å². The maximum absolute atomic E-state index is 12.3. The highest BCUT2D eigenvalue weighted by molar-refractivity contribution is 5.26. The van der Waals surface area contributed by atoms with Crippen molar-refractivity contribution in [3.8, 4) is 0 Å². The van der Waals surface area contributed by atoms with Crippen molar-refractivity contribution in [2.75, 3.05) is 26.4 Å². The van der Waals surface area contributed by atoms with Gasteiger partial charge in [0.1, 0.15) is 6.10 Å². The molecule has 0 spiro atoms. The van der Waals surface area contributed by atoms with Crippen molar-refractivity contribution in [1.82, 2.24) is 0 Å². The average molecular weight is 477 g/mol. The molecule has 5 rings (SSSR count). The Balaban J connectivity index is 1.21. The molecule has 4 unspecified atom stereocenters. The Bertz CT molecular complexity index is 812. The third kappa shape index (κ3) is 3.98. The molecule has 9 atom stereocenters. The first-order valence-corrected chi connectivity index (χ1v) is 13.5. The zero-order chi connectivity index (χ0) is 24.0. The lowest BCUT2D eigenvalue weighted by molar-refractivity contribution is -0.207. The molecule has 4 fully saturated rings. The molecular weight excluding hydrogens is 432 g/mol. The largest absolute Gasteiger partial charge is 0.472 e. The van der Waals surface area contributed by atoms with Gasteiger partial charge < -0.3 is 29.2 Å². The van der Waals surface area contributed by atoms with Gasteiger partial charge in [-0.2, -0.15) is 0 Å². The average Bonchev–Trinajstić information content (AvgIpc) is 3.44. The van der Waals surface area contributed by atoms with Crippen molar-refractivity contribution >= 4 is 0 Å². The van der Waals surface area contributed by atoms with Gasteiger partial charge in [0.15, 0.2) is 0 Å². The Labute approximate surface area is 204 Å². The zero-order valence-electron chi connectivity index (χ0n) is 21.0. The number of aliphatic hydroxyl groups excluding tert-OH is 2. The van der Waals surface area contributed by atoms with Crippen molar-refractivity contribution < 1.29 is 29.2 Å². The lowest BCUT2D eigenvalue weighted by atomic mass is 9.43. The smallest absolute Gasteiger partial charge is 0.100 e.